The number of sulfonamides is 1. The summed E-state index contributed by atoms with van der Waals surface area (Å²) in [6.45, 7) is 0.417. The lowest BCUT2D eigenvalue weighted by Gasteiger charge is -2.12. The molecule has 112 valence electrons. The summed E-state index contributed by atoms with van der Waals surface area (Å²) in [5.41, 5.74) is 3.59. The Morgan fingerprint density at radius 2 is 1.81 bits per heavy atom. The van der Waals surface area contributed by atoms with E-state index in [1.54, 1.807) is 19.2 Å². The van der Waals surface area contributed by atoms with Crippen LogP contribution in [-0.2, 0) is 21.4 Å². The molecule has 0 aliphatic rings. The molecule has 0 fully saturated rings. The third-order valence-corrected chi connectivity index (χ3v) is 4.19. The van der Waals surface area contributed by atoms with E-state index in [2.05, 4.69) is 27.3 Å². The molecule has 4 nitrogen and oxygen atoms in total. The number of ether oxygens (including phenoxy) is 1. The van der Waals surface area contributed by atoms with Gasteiger partial charge in [-0.1, -0.05) is 18.2 Å². The van der Waals surface area contributed by atoms with Crippen molar-refractivity contribution >= 4 is 38.3 Å². The molecule has 0 aliphatic carbocycles. The van der Waals surface area contributed by atoms with E-state index in [1.165, 1.54) is 3.57 Å². The smallest absolute Gasteiger partial charge is 0.229 e. The topological polar surface area (TPSA) is 55.4 Å². The highest BCUT2D eigenvalue weighted by Gasteiger charge is 2.09. The van der Waals surface area contributed by atoms with Crippen molar-refractivity contribution in [2.45, 2.75) is 6.61 Å². The number of halogens is 1. The van der Waals surface area contributed by atoms with Crippen LogP contribution in [0.5, 0.6) is 0 Å². The molecule has 0 saturated carbocycles. The van der Waals surface area contributed by atoms with Gasteiger partial charge in [-0.05, 0) is 63.5 Å². The van der Waals surface area contributed by atoms with E-state index in [0.29, 0.717) is 12.3 Å². The van der Waals surface area contributed by atoms with Crippen molar-refractivity contribution in [2.75, 3.05) is 18.1 Å². The number of hydrogen-bond acceptors (Lipinski definition) is 3. The number of methoxy groups -OCH3 is 1. The fourth-order valence-electron chi connectivity index (χ4n) is 2.06. The zero-order valence-corrected chi connectivity index (χ0v) is 14.7. The van der Waals surface area contributed by atoms with Crippen molar-refractivity contribution < 1.29 is 13.2 Å². The first kappa shape index (κ1) is 16.3. The summed E-state index contributed by atoms with van der Waals surface area (Å²) in [7, 11) is -1.66. The minimum absolute atomic E-state index is 0.417. The third-order valence-electron chi connectivity index (χ3n) is 2.86. The van der Waals surface area contributed by atoms with Crippen LogP contribution < -0.4 is 4.72 Å². The maximum atomic E-state index is 11.3. The van der Waals surface area contributed by atoms with Crippen molar-refractivity contribution in [1.29, 1.82) is 0 Å². The molecular formula is C15H16INO3S. The molecule has 0 spiro atoms. The highest BCUT2D eigenvalue weighted by molar-refractivity contribution is 14.1. The molecule has 0 unspecified atom stereocenters. The molecule has 0 heterocycles. The average Bonchev–Trinajstić information content (AvgIpc) is 2.39. The third kappa shape index (κ3) is 4.69. The van der Waals surface area contributed by atoms with Crippen LogP contribution >= 0.6 is 22.6 Å². The van der Waals surface area contributed by atoms with E-state index >= 15 is 0 Å². The Morgan fingerprint density at radius 3 is 2.38 bits per heavy atom. The van der Waals surface area contributed by atoms with Crippen LogP contribution in [-0.4, -0.2) is 21.8 Å². The maximum absolute atomic E-state index is 11.3. The molecule has 21 heavy (non-hydrogen) atoms. The molecule has 0 saturated heterocycles. The Balaban J connectivity index is 2.44. The molecule has 2 aromatic rings. The quantitative estimate of drug-likeness (QED) is 0.759. The lowest BCUT2D eigenvalue weighted by atomic mass is 9.99. The summed E-state index contributed by atoms with van der Waals surface area (Å²) in [5.74, 6) is 0. The zero-order valence-electron chi connectivity index (χ0n) is 11.8. The number of nitrogens with one attached hydrogen (secondary N) is 1. The first-order valence-corrected chi connectivity index (χ1v) is 9.21. The van der Waals surface area contributed by atoms with Crippen molar-refractivity contribution in [2.24, 2.45) is 0 Å². The van der Waals surface area contributed by atoms with E-state index in [1.807, 2.05) is 30.3 Å². The molecule has 0 amide bonds. The lowest BCUT2D eigenvalue weighted by Crippen LogP contribution is -2.10. The summed E-state index contributed by atoms with van der Waals surface area (Å²) < 4.78 is 31.5. The van der Waals surface area contributed by atoms with Crippen LogP contribution in [0.15, 0.2) is 42.5 Å². The first-order chi connectivity index (χ1) is 9.89. The van der Waals surface area contributed by atoms with Crippen molar-refractivity contribution in [1.82, 2.24) is 0 Å². The fourth-order valence-corrected chi connectivity index (χ4v) is 2.97. The van der Waals surface area contributed by atoms with E-state index in [9.17, 15) is 8.42 Å². The largest absolute Gasteiger partial charge is 0.380 e. The van der Waals surface area contributed by atoms with Gasteiger partial charge in [0.05, 0.1) is 12.9 Å². The number of anilines is 1. The molecular weight excluding hydrogens is 401 g/mol. The predicted octanol–water partition coefficient (Wildman–Crippen LogP) is 3.48. The minimum Gasteiger partial charge on any atom is -0.380 e. The normalized spacial score (nSPS) is 11.4. The van der Waals surface area contributed by atoms with E-state index in [4.69, 9.17) is 4.74 Å². The Labute approximate surface area is 138 Å². The molecule has 2 aromatic carbocycles. The highest BCUT2D eigenvalue weighted by Crippen LogP contribution is 2.28. The second kappa shape index (κ2) is 6.76. The maximum Gasteiger partial charge on any atom is 0.229 e. The average molecular weight is 417 g/mol. The van der Waals surface area contributed by atoms with Gasteiger partial charge in [-0.15, -0.1) is 0 Å². The molecule has 2 rings (SSSR count). The van der Waals surface area contributed by atoms with Gasteiger partial charge in [0.15, 0.2) is 0 Å². The molecule has 0 atom stereocenters. The SMILES string of the molecule is COCc1cc(NS(C)(=O)=O)ccc1-c1ccc(I)cc1. The summed E-state index contributed by atoms with van der Waals surface area (Å²) in [5, 5.41) is 0. The molecule has 0 radical (unpaired) electrons. The van der Waals surface area contributed by atoms with Crippen LogP contribution in [0, 0.1) is 3.57 Å². The molecule has 1 N–H and O–H groups in total. The predicted molar refractivity (Wildman–Crippen MR) is 93.8 cm³/mol. The summed E-state index contributed by atoms with van der Waals surface area (Å²) in [6, 6.07) is 13.6. The highest BCUT2D eigenvalue weighted by atomic mass is 127. The van der Waals surface area contributed by atoms with Crippen LogP contribution in [0.25, 0.3) is 11.1 Å². The van der Waals surface area contributed by atoms with Crippen LogP contribution in [0.1, 0.15) is 5.56 Å². The van der Waals surface area contributed by atoms with Crippen molar-refractivity contribution in [3.63, 3.8) is 0 Å². The molecule has 0 bridgehead atoms. The number of benzene rings is 2. The second-order valence-corrected chi connectivity index (χ2v) is 7.68. The summed E-state index contributed by atoms with van der Waals surface area (Å²) >= 11 is 2.26. The van der Waals surface area contributed by atoms with Gasteiger partial charge in [0.1, 0.15) is 0 Å². The van der Waals surface area contributed by atoms with Crippen molar-refractivity contribution in [3.8, 4) is 11.1 Å². The van der Waals surface area contributed by atoms with Gasteiger partial charge in [0.25, 0.3) is 0 Å². The fraction of sp³-hybridized carbons (Fsp3) is 0.200. The Morgan fingerprint density at radius 1 is 1.14 bits per heavy atom. The Kier molecular flexibility index (Phi) is 5.23. The van der Waals surface area contributed by atoms with Crippen LogP contribution in [0.3, 0.4) is 0 Å². The summed E-state index contributed by atoms with van der Waals surface area (Å²) in [6.07, 6.45) is 1.13. The second-order valence-electron chi connectivity index (χ2n) is 4.69. The van der Waals surface area contributed by atoms with Gasteiger partial charge in [-0.2, -0.15) is 0 Å². The molecule has 6 heteroatoms. The van der Waals surface area contributed by atoms with Gasteiger partial charge >= 0.3 is 0 Å². The number of rotatable bonds is 5. The van der Waals surface area contributed by atoms with E-state index in [-0.39, 0.29) is 0 Å². The van der Waals surface area contributed by atoms with Crippen LogP contribution in [0.2, 0.25) is 0 Å². The van der Waals surface area contributed by atoms with E-state index < -0.39 is 10.0 Å². The van der Waals surface area contributed by atoms with Gasteiger partial charge in [-0.3, -0.25) is 4.72 Å². The van der Waals surface area contributed by atoms with Gasteiger partial charge in [-0.25, -0.2) is 8.42 Å². The van der Waals surface area contributed by atoms with Gasteiger partial charge in [0, 0.05) is 16.4 Å². The lowest BCUT2D eigenvalue weighted by molar-refractivity contribution is 0.185. The summed E-state index contributed by atoms with van der Waals surface area (Å²) in [4.78, 5) is 0. The van der Waals surface area contributed by atoms with Gasteiger partial charge in [0.2, 0.25) is 10.0 Å². The number of hydrogen-bond donors (Lipinski definition) is 1. The van der Waals surface area contributed by atoms with Crippen LogP contribution in [0.4, 0.5) is 5.69 Å². The molecule has 0 aromatic heterocycles. The Hall–Kier alpha value is -1.12. The van der Waals surface area contributed by atoms with E-state index in [0.717, 1.165) is 22.9 Å². The van der Waals surface area contributed by atoms with Crippen molar-refractivity contribution in [3.05, 3.63) is 51.6 Å². The zero-order chi connectivity index (χ0) is 15.5. The molecule has 0 aliphatic heterocycles. The standard InChI is InChI=1S/C15H16INO3S/c1-20-10-12-9-14(17-21(2,18)19)7-8-15(12)11-3-5-13(16)6-4-11/h3-9,17H,10H2,1-2H3. The monoisotopic (exact) mass is 417 g/mol. The minimum atomic E-state index is -3.28. The Bertz CT molecular complexity index is 727. The first-order valence-electron chi connectivity index (χ1n) is 6.24. The van der Waals surface area contributed by atoms with Gasteiger partial charge < -0.3 is 4.74 Å².